The summed E-state index contributed by atoms with van der Waals surface area (Å²) in [6.45, 7) is 1.83. The fourth-order valence-corrected chi connectivity index (χ4v) is 5.47. The Hall–Kier alpha value is -3.97. The van der Waals surface area contributed by atoms with E-state index in [-0.39, 0.29) is 30.2 Å². The number of hydrogen-bond donors (Lipinski definition) is 2. The van der Waals surface area contributed by atoms with Crippen LogP contribution in [0.2, 0.25) is 0 Å². The van der Waals surface area contributed by atoms with Crippen LogP contribution in [0.4, 0.5) is 0 Å². The average molecular weight is 510 g/mol. The van der Waals surface area contributed by atoms with Gasteiger partial charge in [0.25, 0.3) is 0 Å². The normalized spacial score (nSPS) is 16.4. The summed E-state index contributed by atoms with van der Waals surface area (Å²) in [5.74, 6) is 0.781. The molecule has 1 saturated heterocycles. The number of nitrogens with two attached hydrogens (primary N) is 2. The highest BCUT2D eigenvalue weighted by atomic mass is 16.2. The van der Waals surface area contributed by atoms with Crippen LogP contribution in [0.3, 0.4) is 0 Å². The monoisotopic (exact) mass is 509 g/mol. The number of imidazole rings is 1. The van der Waals surface area contributed by atoms with Crippen LogP contribution in [0.15, 0.2) is 78.9 Å². The molecule has 0 saturated carbocycles. The first kappa shape index (κ1) is 25.7. The Balaban J connectivity index is 1.22. The topological polar surface area (TPSA) is 107 Å². The Morgan fingerprint density at radius 3 is 2.42 bits per heavy atom. The van der Waals surface area contributed by atoms with Gasteiger partial charge in [0.15, 0.2) is 0 Å². The summed E-state index contributed by atoms with van der Waals surface area (Å²) in [6, 6.07) is 26.4. The number of amides is 2. The van der Waals surface area contributed by atoms with Crippen molar-refractivity contribution in [3.8, 4) is 11.1 Å². The average Bonchev–Trinajstić information content (AvgIpc) is 3.31. The lowest BCUT2D eigenvalue weighted by atomic mass is 9.95. The van der Waals surface area contributed by atoms with E-state index in [4.69, 9.17) is 16.5 Å². The molecule has 2 amide bonds. The van der Waals surface area contributed by atoms with E-state index in [1.807, 2.05) is 47.4 Å². The van der Waals surface area contributed by atoms with Gasteiger partial charge in [0, 0.05) is 44.4 Å². The number of nitrogens with zero attached hydrogens (tertiary/aromatic N) is 3. The van der Waals surface area contributed by atoms with Crippen molar-refractivity contribution in [3.63, 3.8) is 0 Å². The summed E-state index contributed by atoms with van der Waals surface area (Å²) in [4.78, 5) is 31.6. The van der Waals surface area contributed by atoms with E-state index in [0.717, 1.165) is 41.8 Å². The fourth-order valence-electron chi connectivity index (χ4n) is 5.47. The van der Waals surface area contributed by atoms with Gasteiger partial charge < -0.3 is 20.9 Å². The quantitative estimate of drug-likeness (QED) is 0.352. The lowest BCUT2D eigenvalue weighted by Gasteiger charge is -2.33. The molecule has 1 aromatic heterocycles. The number of piperidine rings is 1. The third-order valence-corrected chi connectivity index (χ3v) is 7.40. The summed E-state index contributed by atoms with van der Waals surface area (Å²) >= 11 is 0. The Morgan fingerprint density at radius 2 is 1.66 bits per heavy atom. The number of fused-ring (bicyclic) bond motifs is 1. The number of hydrogen-bond acceptors (Lipinski definition) is 4. The Bertz CT molecular complexity index is 1400. The molecule has 0 aliphatic carbocycles. The van der Waals surface area contributed by atoms with Gasteiger partial charge in [-0.25, -0.2) is 4.98 Å². The number of aryl methyl sites for hydroxylation is 1. The highest BCUT2D eigenvalue weighted by Crippen LogP contribution is 2.30. The largest absolute Gasteiger partial charge is 0.370 e. The zero-order valence-corrected chi connectivity index (χ0v) is 21.6. The van der Waals surface area contributed by atoms with E-state index in [1.54, 1.807) is 0 Å². The number of likely N-dealkylation sites (tertiary alicyclic amines) is 1. The van der Waals surface area contributed by atoms with Crippen molar-refractivity contribution in [2.24, 2.45) is 11.5 Å². The van der Waals surface area contributed by atoms with Crippen molar-refractivity contribution in [1.82, 2.24) is 14.5 Å². The van der Waals surface area contributed by atoms with E-state index >= 15 is 0 Å². The Morgan fingerprint density at radius 1 is 0.947 bits per heavy atom. The summed E-state index contributed by atoms with van der Waals surface area (Å²) in [7, 11) is 0. The molecular weight excluding hydrogens is 474 g/mol. The predicted molar refractivity (Wildman–Crippen MR) is 150 cm³/mol. The SMILES string of the molecule is NC(=O)CCn1c(C2CCCN(C(=O)CC(N)Cc3ccc(-c4ccccc4)cc3)C2)nc2ccccc21. The molecule has 7 nitrogen and oxygen atoms in total. The zero-order chi connectivity index (χ0) is 26.5. The number of benzene rings is 3. The molecule has 5 rings (SSSR count). The standard InChI is InChI=1S/C31H35N5O2/c32-26(19-22-12-14-24(15-13-22)23-7-2-1-3-8-23)20-30(38)35-17-6-9-25(21-35)31-34-27-10-4-5-11-28(27)36(31)18-16-29(33)37/h1-5,7-8,10-15,25-26H,6,9,16-21,32H2,(H2,33,37). The van der Waals surface area contributed by atoms with Gasteiger partial charge in [-0.15, -0.1) is 0 Å². The fraction of sp³-hybridized carbons (Fsp3) is 0.323. The summed E-state index contributed by atoms with van der Waals surface area (Å²) in [6.07, 6.45) is 3.07. The minimum atomic E-state index is -0.335. The first-order chi connectivity index (χ1) is 18.5. The van der Waals surface area contributed by atoms with Crippen molar-refractivity contribution in [2.45, 2.75) is 50.6 Å². The maximum atomic E-state index is 13.2. The van der Waals surface area contributed by atoms with Crippen LogP contribution in [-0.4, -0.2) is 45.4 Å². The van der Waals surface area contributed by atoms with Crippen molar-refractivity contribution >= 4 is 22.8 Å². The van der Waals surface area contributed by atoms with Crippen LogP contribution in [0.25, 0.3) is 22.2 Å². The van der Waals surface area contributed by atoms with Crippen molar-refractivity contribution < 1.29 is 9.59 Å². The lowest BCUT2D eigenvalue weighted by Crippen LogP contribution is -2.42. The number of primary amides is 1. The van der Waals surface area contributed by atoms with Gasteiger partial charge in [0.2, 0.25) is 11.8 Å². The first-order valence-electron chi connectivity index (χ1n) is 13.4. The van der Waals surface area contributed by atoms with E-state index in [9.17, 15) is 9.59 Å². The van der Waals surface area contributed by atoms with Crippen LogP contribution in [0, 0.1) is 0 Å². The molecule has 196 valence electrons. The highest BCUT2D eigenvalue weighted by molar-refractivity contribution is 5.78. The second-order valence-corrected chi connectivity index (χ2v) is 10.2. The van der Waals surface area contributed by atoms with Crippen LogP contribution < -0.4 is 11.5 Å². The first-order valence-corrected chi connectivity index (χ1v) is 13.4. The van der Waals surface area contributed by atoms with Crippen molar-refractivity contribution in [2.75, 3.05) is 13.1 Å². The number of carbonyl (C=O) groups is 2. The molecule has 1 aliphatic heterocycles. The molecular formula is C31H35N5O2. The molecule has 3 aromatic carbocycles. The second kappa shape index (κ2) is 11.6. The molecule has 0 bridgehead atoms. The van der Waals surface area contributed by atoms with Crippen molar-refractivity contribution in [1.29, 1.82) is 0 Å². The third kappa shape index (κ3) is 5.94. The molecule has 2 unspecified atom stereocenters. The second-order valence-electron chi connectivity index (χ2n) is 10.2. The smallest absolute Gasteiger partial charge is 0.224 e. The van der Waals surface area contributed by atoms with Gasteiger partial charge in [-0.05, 0) is 48.1 Å². The molecule has 7 heteroatoms. The Kier molecular flexibility index (Phi) is 7.84. The molecule has 4 aromatic rings. The molecule has 0 spiro atoms. The minimum absolute atomic E-state index is 0.0860. The molecule has 2 atom stereocenters. The van der Waals surface area contributed by atoms with Crippen LogP contribution in [0.1, 0.15) is 43.0 Å². The highest BCUT2D eigenvalue weighted by Gasteiger charge is 2.29. The zero-order valence-electron chi connectivity index (χ0n) is 21.6. The molecule has 0 radical (unpaired) electrons. The van der Waals surface area contributed by atoms with Crippen molar-refractivity contribution in [3.05, 3.63) is 90.3 Å². The minimum Gasteiger partial charge on any atom is -0.370 e. The van der Waals surface area contributed by atoms with Crippen LogP contribution >= 0.6 is 0 Å². The maximum Gasteiger partial charge on any atom is 0.224 e. The molecule has 4 N–H and O–H groups in total. The summed E-state index contributed by atoms with van der Waals surface area (Å²) in [5, 5.41) is 0. The molecule has 38 heavy (non-hydrogen) atoms. The third-order valence-electron chi connectivity index (χ3n) is 7.40. The van der Waals surface area contributed by atoms with Crippen LogP contribution in [-0.2, 0) is 22.6 Å². The van der Waals surface area contributed by atoms with Gasteiger partial charge in [0.05, 0.1) is 11.0 Å². The summed E-state index contributed by atoms with van der Waals surface area (Å²) < 4.78 is 2.10. The van der Waals surface area contributed by atoms with E-state index in [1.165, 1.54) is 11.1 Å². The van der Waals surface area contributed by atoms with Gasteiger partial charge in [-0.2, -0.15) is 0 Å². The molecule has 1 aliphatic rings. The molecule has 1 fully saturated rings. The van der Waals surface area contributed by atoms with Gasteiger partial charge in [-0.1, -0.05) is 66.7 Å². The predicted octanol–water partition coefficient (Wildman–Crippen LogP) is 4.24. The van der Waals surface area contributed by atoms with Gasteiger partial charge in [0.1, 0.15) is 5.82 Å². The van der Waals surface area contributed by atoms with E-state index < -0.39 is 0 Å². The number of aromatic nitrogens is 2. The number of para-hydroxylation sites is 2. The summed E-state index contributed by atoms with van der Waals surface area (Å²) in [5.41, 5.74) is 17.3. The van der Waals surface area contributed by atoms with Gasteiger partial charge >= 0.3 is 0 Å². The van der Waals surface area contributed by atoms with Crippen LogP contribution in [0.5, 0.6) is 0 Å². The number of rotatable bonds is 9. The molecule has 2 heterocycles. The Labute approximate surface area is 223 Å². The number of carbonyl (C=O) groups excluding carboxylic acids is 2. The van der Waals surface area contributed by atoms with E-state index in [0.29, 0.717) is 25.9 Å². The van der Waals surface area contributed by atoms with Gasteiger partial charge in [-0.3, -0.25) is 9.59 Å². The van der Waals surface area contributed by atoms with E-state index in [2.05, 4.69) is 41.0 Å². The lowest BCUT2D eigenvalue weighted by molar-refractivity contribution is -0.132. The maximum absolute atomic E-state index is 13.2.